The van der Waals surface area contributed by atoms with Crippen LogP contribution in [0.5, 0.6) is 0 Å². The number of nitrogen functional groups attached to an aromatic ring is 1. The highest BCUT2D eigenvalue weighted by Crippen LogP contribution is 2.35. The highest BCUT2D eigenvalue weighted by atomic mass is 19.1. The molecule has 28 heavy (non-hydrogen) atoms. The van der Waals surface area contributed by atoms with Crippen LogP contribution in [0.4, 0.5) is 16.0 Å². The summed E-state index contributed by atoms with van der Waals surface area (Å²) >= 11 is 0. The van der Waals surface area contributed by atoms with E-state index in [9.17, 15) is 4.39 Å². The van der Waals surface area contributed by atoms with E-state index in [-0.39, 0.29) is 11.9 Å². The Labute approximate surface area is 161 Å². The SMILES string of the molecule is Nc1cccc(-c2cnc3ccc(N4CCCC4c4cccc(F)c4)nn23)n1. The quantitative estimate of drug-likeness (QED) is 0.590. The van der Waals surface area contributed by atoms with Crippen molar-refractivity contribution in [2.75, 3.05) is 17.2 Å². The summed E-state index contributed by atoms with van der Waals surface area (Å²) in [5, 5.41) is 4.83. The van der Waals surface area contributed by atoms with Gasteiger partial charge in [0.2, 0.25) is 0 Å². The summed E-state index contributed by atoms with van der Waals surface area (Å²) in [6.45, 7) is 0.875. The zero-order valence-electron chi connectivity index (χ0n) is 15.2. The van der Waals surface area contributed by atoms with E-state index in [0.717, 1.165) is 47.8 Å². The molecule has 6 nitrogen and oxygen atoms in total. The van der Waals surface area contributed by atoms with Gasteiger partial charge in [-0.2, -0.15) is 0 Å². The van der Waals surface area contributed by atoms with Gasteiger partial charge in [-0.05, 0) is 54.8 Å². The van der Waals surface area contributed by atoms with Gasteiger partial charge >= 0.3 is 0 Å². The van der Waals surface area contributed by atoms with Crippen LogP contribution in [0.2, 0.25) is 0 Å². The molecule has 5 rings (SSSR count). The molecule has 4 heterocycles. The predicted molar refractivity (Wildman–Crippen MR) is 106 cm³/mol. The first kappa shape index (κ1) is 16.7. The smallest absolute Gasteiger partial charge is 0.154 e. The molecule has 0 bridgehead atoms. The van der Waals surface area contributed by atoms with E-state index in [1.807, 2.05) is 30.3 Å². The van der Waals surface area contributed by atoms with E-state index < -0.39 is 0 Å². The predicted octanol–water partition coefficient (Wildman–Crippen LogP) is 3.85. The van der Waals surface area contributed by atoms with Crippen molar-refractivity contribution in [3.63, 3.8) is 0 Å². The van der Waals surface area contributed by atoms with Crippen LogP contribution in [0.3, 0.4) is 0 Å². The first-order chi connectivity index (χ1) is 13.7. The Morgan fingerprint density at radius 3 is 2.82 bits per heavy atom. The van der Waals surface area contributed by atoms with Crippen molar-refractivity contribution in [1.29, 1.82) is 0 Å². The van der Waals surface area contributed by atoms with Crippen molar-refractivity contribution < 1.29 is 4.39 Å². The fourth-order valence-corrected chi connectivity index (χ4v) is 3.89. The first-order valence-electron chi connectivity index (χ1n) is 9.29. The Morgan fingerprint density at radius 1 is 1.07 bits per heavy atom. The third-order valence-electron chi connectivity index (χ3n) is 5.16. The molecule has 0 radical (unpaired) electrons. The van der Waals surface area contributed by atoms with Crippen LogP contribution in [0.25, 0.3) is 17.0 Å². The number of aromatic nitrogens is 4. The van der Waals surface area contributed by atoms with Gasteiger partial charge < -0.3 is 10.6 Å². The zero-order chi connectivity index (χ0) is 19.1. The molecule has 140 valence electrons. The van der Waals surface area contributed by atoms with Crippen molar-refractivity contribution in [2.45, 2.75) is 18.9 Å². The summed E-state index contributed by atoms with van der Waals surface area (Å²) in [5.74, 6) is 1.08. The maximum absolute atomic E-state index is 13.7. The highest BCUT2D eigenvalue weighted by Gasteiger charge is 2.28. The lowest BCUT2D eigenvalue weighted by Crippen LogP contribution is -2.24. The lowest BCUT2D eigenvalue weighted by Gasteiger charge is -2.26. The number of rotatable bonds is 3. The van der Waals surface area contributed by atoms with Crippen LogP contribution in [-0.2, 0) is 0 Å². The summed E-state index contributed by atoms with van der Waals surface area (Å²) in [5.41, 5.74) is 9.05. The maximum atomic E-state index is 13.7. The lowest BCUT2D eigenvalue weighted by atomic mass is 10.0. The fraction of sp³-hybridized carbons (Fsp3) is 0.190. The third kappa shape index (κ3) is 2.85. The van der Waals surface area contributed by atoms with Gasteiger partial charge in [0.1, 0.15) is 23.1 Å². The largest absolute Gasteiger partial charge is 0.384 e. The molecular weight excluding hydrogens is 355 g/mol. The molecular formula is C21H19FN6. The topological polar surface area (TPSA) is 72.3 Å². The molecule has 0 saturated carbocycles. The molecule has 1 aliphatic rings. The van der Waals surface area contributed by atoms with Crippen molar-refractivity contribution in [2.24, 2.45) is 0 Å². The Kier molecular flexibility index (Phi) is 3.93. The molecule has 1 atom stereocenters. The van der Waals surface area contributed by atoms with Crippen molar-refractivity contribution >= 4 is 17.3 Å². The average molecular weight is 374 g/mol. The molecule has 0 spiro atoms. The Balaban J connectivity index is 1.57. The van der Waals surface area contributed by atoms with Crippen LogP contribution in [0.15, 0.2) is 60.8 Å². The second kappa shape index (κ2) is 6.60. The van der Waals surface area contributed by atoms with Gasteiger partial charge in [0, 0.05) is 6.54 Å². The van der Waals surface area contributed by atoms with Gasteiger partial charge in [-0.25, -0.2) is 18.9 Å². The normalized spacial score (nSPS) is 16.8. The molecule has 2 N–H and O–H groups in total. The molecule has 3 aromatic heterocycles. The summed E-state index contributed by atoms with van der Waals surface area (Å²) in [4.78, 5) is 11.0. The Morgan fingerprint density at radius 2 is 1.96 bits per heavy atom. The lowest BCUT2D eigenvalue weighted by molar-refractivity contribution is 0.617. The standard InChI is InChI=1S/C21H19FN6/c22-15-5-1-4-14(12-15)17-7-3-11-27(17)21-10-9-20-24-13-18(28(20)26-21)16-6-2-8-19(23)25-16/h1-2,4-6,8-10,12-13,17H,3,7,11H2,(H2,23,25). The zero-order valence-corrected chi connectivity index (χ0v) is 15.2. The van der Waals surface area contributed by atoms with E-state index in [1.54, 1.807) is 28.9 Å². The molecule has 0 aliphatic carbocycles. The number of hydrogen-bond acceptors (Lipinski definition) is 5. The van der Waals surface area contributed by atoms with E-state index in [0.29, 0.717) is 5.82 Å². The van der Waals surface area contributed by atoms with Gasteiger partial charge in [-0.3, -0.25) is 0 Å². The average Bonchev–Trinajstić information content (AvgIpc) is 3.34. The number of hydrogen-bond donors (Lipinski definition) is 1. The van der Waals surface area contributed by atoms with E-state index in [2.05, 4.69) is 14.9 Å². The third-order valence-corrected chi connectivity index (χ3v) is 5.16. The highest BCUT2D eigenvalue weighted by molar-refractivity contribution is 5.62. The van der Waals surface area contributed by atoms with Crippen molar-refractivity contribution in [3.05, 3.63) is 72.2 Å². The van der Waals surface area contributed by atoms with Crippen LogP contribution in [0.1, 0.15) is 24.4 Å². The summed E-state index contributed by atoms with van der Waals surface area (Å²) < 4.78 is 15.5. The molecule has 4 aromatic rings. The van der Waals surface area contributed by atoms with Crippen LogP contribution in [0, 0.1) is 5.82 Å². The Hall–Kier alpha value is -3.48. The molecule has 1 aliphatic heterocycles. The number of anilines is 2. The summed E-state index contributed by atoms with van der Waals surface area (Å²) in [6.07, 6.45) is 3.76. The van der Waals surface area contributed by atoms with E-state index >= 15 is 0 Å². The number of nitrogens with zero attached hydrogens (tertiary/aromatic N) is 5. The number of nitrogens with two attached hydrogens (primary N) is 1. The fourth-order valence-electron chi connectivity index (χ4n) is 3.89. The van der Waals surface area contributed by atoms with Crippen LogP contribution in [-0.4, -0.2) is 26.1 Å². The second-order valence-electron chi connectivity index (χ2n) is 6.96. The van der Waals surface area contributed by atoms with Crippen LogP contribution < -0.4 is 10.6 Å². The monoisotopic (exact) mass is 374 g/mol. The van der Waals surface area contributed by atoms with Gasteiger partial charge in [0.25, 0.3) is 0 Å². The first-order valence-corrected chi connectivity index (χ1v) is 9.29. The summed E-state index contributed by atoms with van der Waals surface area (Å²) in [6, 6.07) is 16.3. The number of pyridine rings is 1. The maximum Gasteiger partial charge on any atom is 0.154 e. The van der Waals surface area contributed by atoms with Crippen molar-refractivity contribution in [1.82, 2.24) is 19.6 Å². The second-order valence-corrected chi connectivity index (χ2v) is 6.96. The van der Waals surface area contributed by atoms with E-state index in [1.165, 1.54) is 6.07 Å². The number of imidazole rings is 1. The summed E-state index contributed by atoms with van der Waals surface area (Å²) in [7, 11) is 0. The molecule has 0 amide bonds. The minimum Gasteiger partial charge on any atom is -0.384 e. The molecule has 1 fully saturated rings. The number of halogens is 1. The van der Waals surface area contributed by atoms with Crippen LogP contribution >= 0.6 is 0 Å². The van der Waals surface area contributed by atoms with Crippen molar-refractivity contribution in [3.8, 4) is 11.4 Å². The van der Waals surface area contributed by atoms with Gasteiger partial charge in [-0.15, -0.1) is 5.10 Å². The molecule has 7 heteroatoms. The number of fused-ring (bicyclic) bond motifs is 1. The van der Waals surface area contributed by atoms with Gasteiger partial charge in [-0.1, -0.05) is 18.2 Å². The Bertz CT molecular complexity index is 1150. The van der Waals surface area contributed by atoms with Gasteiger partial charge in [0.05, 0.1) is 17.9 Å². The molecule has 1 aromatic carbocycles. The minimum atomic E-state index is -0.211. The van der Waals surface area contributed by atoms with E-state index in [4.69, 9.17) is 10.8 Å². The van der Waals surface area contributed by atoms with Gasteiger partial charge in [0.15, 0.2) is 5.65 Å². The molecule has 1 saturated heterocycles. The molecule has 1 unspecified atom stereocenters. The number of benzene rings is 1. The minimum absolute atomic E-state index is 0.109.